The van der Waals surface area contributed by atoms with Crippen molar-refractivity contribution in [1.29, 1.82) is 5.26 Å². The maximum Gasteiger partial charge on any atom is 0.446 e. The zero-order valence-electron chi connectivity index (χ0n) is 25.2. The molecule has 1 saturated carbocycles. The second-order valence-corrected chi connectivity index (χ2v) is 11.9. The fourth-order valence-electron chi connectivity index (χ4n) is 5.86. The van der Waals surface area contributed by atoms with Crippen molar-refractivity contribution in [1.82, 2.24) is 29.3 Å². The molecule has 14 heteroatoms. The second kappa shape index (κ2) is 12.5. The van der Waals surface area contributed by atoms with Crippen LogP contribution in [0.3, 0.4) is 0 Å². The van der Waals surface area contributed by atoms with E-state index >= 15 is 0 Å². The number of hydrogen-bond donors (Lipinski definition) is 0. The summed E-state index contributed by atoms with van der Waals surface area (Å²) in [6.07, 6.45) is 5.15. The molecule has 5 heterocycles. The first kappa shape index (κ1) is 31.7. The van der Waals surface area contributed by atoms with Crippen LogP contribution in [0.2, 0.25) is 5.02 Å². The Morgan fingerprint density at radius 3 is 2.30 bits per heavy atom. The molecule has 240 valence electrons. The van der Waals surface area contributed by atoms with Crippen molar-refractivity contribution in [3.8, 4) is 28.3 Å². The number of aryl methyl sites for hydroxylation is 1. The average molecular weight is 661 g/mol. The van der Waals surface area contributed by atoms with Gasteiger partial charge in [-0.15, -0.1) is 0 Å². The summed E-state index contributed by atoms with van der Waals surface area (Å²) in [5.41, 5.74) is 5.55. The summed E-state index contributed by atoms with van der Waals surface area (Å²) in [6.45, 7) is 2.73. The first-order chi connectivity index (χ1) is 22.5. The van der Waals surface area contributed by atoms with E-state index in [9.17, 15) is 23.2 Å². The lowest BCUT2D eigenvalue weighted by atomic mass is 9.94. The van der Waals surface area contributed by atoms with Crippen molar-refractivity contribution in [2.24, 2.45) is 7.05 Å². The van der Waals surface area contributed by atoms with E-state index in [0.717, 1.165) is 52.0 Å². The molecule has 4 aromatic heterocycles. The Kier molecular flexibility index (Phi) is 8.46. The van der Waals surface area contributed by atoms with Crippen LogP contribution in [0, 0.1) is 11.3 Å². The number of rotatable bonds is 5. The van der Waals surface area contributed by atoms with E-state index in [1.807, 2.05) is 73.1 Å². The Balaban J connectivity index is 0.000000591. The topological polar surface area (TPSA) is 112 Å². The molecule has 2 aliphatic rings. The molecule has 0 atom stereocenters. The number of alkyl halides is 3. The second-order valence-electron chi connectivity index (χ2n) is 11.4. The number of nitriles is 1. The smallest absolute Gasteiger partial charge is 0.353 e. The zero-order valence-corrected chi connectivity index (χ0v) is 25.9. The van der Waals surface area contributed by atoms with Crippen LogP contribution in [-0.2, 0) is 22.1 Å². The maximum absolute atomic E-state index is 13.5. The molecule has 5 aromatic rings. The Morgan fingerprint density at radius 1 is 0.979 bits per heavy atom. The molecular formula is C33H28ClF3N8O2. The third kappa shape index (κ3) is 6.55. The normalized spacial score (nSPS) is 15.5. The SMILES string of the molecule is Cn1cc(-c2cc(-c3ccc(N4CCN(C(=O)C5(c6cccc(Cl)c6)CC5)CC4)nc3)c3c(C#N)cnn3c2)cn1.O=CC(F)(F)F. The Morgan fingerprint density at radius 2 is 1.72 bits per heavy atom. The highest BCUT2D eigenvalue weighted by Crippen LogP contribution is 2.50. The Hall–Kier alpha value is -5.22. The molecule has 47 heavy (non-hydrogen) atoms. The standard InChI is InChI=1S/C31H27ClN8O.C2HF3O/c1-37-19-24(18-35-37)22-13-27(29-23(15-33)17-36-40(29)20-22)21-5-6-28(34-16-21)38-9-11-39(12-10-38)30(41)31(7-8-31)25-3-2-4-26(32)14-25;3-2(4,5)1-6/h2-6,13-14,16-20H,7-12H2,1H3;1H. The monoisotopic (exact) mass is 660 g/mol. The number of aldehydes is 1. The molecule has 1 aromatic carbocycles. The van der Waals surface area contributed by atoms with Gasteiger partial charge in [-0.2, -0.15) is 28.6 Å². The minimum atomic E-state index is -4.64. The number of hydrogen-bond acceptors (Lipinski definition) is 7. The highest BCUT2D eigenvalue weighted by Gasteiger charge is 2.53. The molecule has 10 nitrogen and oxygen atoms in total. The van der Waals surface area contributed by atoms with Crippen LogP contribution < -0.4 is 4.90 Å². The molecule has 0 radical (unpaired) electrons. The lowest BCUT2D eigenvalue weighted by Crippen LogP contribution is -2.51. The van der Waals surface area contributed by atoms with Crippen molar-refractivity contribution in [3.63, 3.8) is 0 Å². The number of aromatic nitrogens is 5. The molecule has 7 rings (SSSR count). The molecule has 1 amide bonds. The van der Waals surface area contributed by atoms with Crippen molar-refractivity contribution >= 4 is 35.1 Å². The first-order valence-electron chi connectivity index (χ1n) is 14.7. The molecule has 0 N–H and O–H groups in total. The third-order valence-corrected chi connectivity index (χ3v) is 8.63. The van der Waals surface area contributed by atoms with E-state index in [1.165, 1.54) is 0 Å². The predicted molar refractivity (Wildman–Crippen MR) is 169 cm³/mol. The molecular weight excluding hydrogens is 633 g/mol. The zero-order chi connectivity index (χ0) is 33.3. The fourth-order valence-corrected chi connectivity index (χ4v) is 6.05. The summed E-state index contributed by atoms with van der Waals surface area (Å²) in [7, 11) is 1.88. The van der Waals surface area contributed by atoms with Gasteiger partial charge in [0, 0.05) is 79.1 Å². The lowest BCUT2D eigenvalue weighted by molar-refractivity contribution is -0.156. The van der Waals surface area contributed by atoms with E-state index in [4.69, 9.17) is 21.4 Å². The van der Waals surface area contributed by atoms with Crippen molar-refractivity contribution in [2.75, 3.05) is 31.1 Å². The number of carbonyl (C=O) groups is 2. The summed E-state index contributed by atoms with van der Waals surface area (Å²) < 4.78 is 34.8. The van der Waals surface area contributed by atoms with Crippen molar-refractivity contribution in [3.05, 3.63) is 89.6 Å². The Bertz CT molecular complexity index is 1990. The number of carbonyl (C=O) groups excluding carboxylic acids is 2. The summed E-state index contributed by atoms with van der Waals surface area (Å²) in [6, 6.07) is 16.1. The van der Waals surface area contributed by atoms with Crippen LogP contribution in [0.1, 0.15) is 24.0 Å². The summed E-state index contributed by atoms with van der Waals surface area (Å²) >= 11 is 6.22. The predicted octanol–water partition coefficient (Wildman–Crippen LogP) is 5.45. The molecule has 1 aliphatic heterocycles. The fraction of sp³-hybridized carbons (Fsp3) is 0.273. The molecule has 2 fully saturated rings. The van der Waals surface area contributed by atoms with E-state index in [0.29, 0.717) is 36.8 Å². The average Bonchev–Trinajstić information content (AvgIpc) is 3.60. The van der Waals surface area contributed by atoms with Gasteiger partial charge >= 0.3 is 6.18 Å². The van der Waals surface area contributed by atoms with Gasteiger partial charge in [0.1, 0.15) is 11.9 Å². The number of pyridine rings is 2. The Labute approximate surface area is 272 Å². The highest BCUT2D eigenvalue weighted by molar-refractivity contribution is 6.30. The van der Waals surface area contributed by atoms with E-state index in [-0.39, 0.29) is 5.91 Å². The van der Waals surface area contributed by atoms with Gasteiger partial charge < -0.3 is 9.80 Å². The van der Waals surface area contributed by atoms with Gasteiger partial charge in [-0.05, 0) is 48.7 Å². The van der Waals surface area contributed by atoms with Gasteiger partial charge in [-0.25, -0.2) is 9.50 Å². The van der Waals surface area contributed by atoms with Crippen molar-refractivity contribution in [2.45, 2.75) is 24.4 Å². The molecule has 0 bridgehead atoms. The number of halogens is 4. The van der Waals surface area contributed by atoms with Gasteiger partial charge in [0.2, 0.25) is 12.2 Å². The lowest BCUT2D eigenvalue weighted by Gasteiger charge is -2.37. The summed E-state index contributed by atoms with van der Waals surface area (Å²) in [5.74, 6) is 1.07. The number of benzene rings is 1. The minimum absolute atomic E-state index is 0.203. The number of amides is 1. The van der Waals surface area contributed by atoms with Crippen LogP contribution in [0.15, 0.2) is 73.4 Å². The van der Waals surface area contributed by atoms with E-state index < -0.39 is 17.9 Å². The molecule has 0 spiro atoms. The minimum Gasteiger partial charge on any atom is -0.353 e. The maximum atomic E-state index is 13.5. The number of fused-ring (bicyclic) bond motifs is 1. The summed E-state index contributed by atoms with van der Waals surface area (Å²) in [5, 5.41) is 19.1. The van der Waals surface area contributed by atoms with E-state index in [1.54, 1.807) is 15.4 Å². The number of anilines is 1. The first-order valence-corrected chi connectivity index (χ1v) is 15.1. The van der Waals surface area contributed by atoms with Gasteiger partial charge in [0.25, 0.3) is 0 Å². The van der Waals surface area contributed by atoms with Crippen LogP contribution in [-0.4, -0.2) is 73.8 Å². The number of nitrogens with zero attached hydrogens (tertiary/aromatic N) is 8. The van der Waals surface area contributed by atoms with Crippen LogP contribution in [0.25, 0.3) is 27.8 Å². The quantitative estimate of drug-likeness (QED) is 0.231. The number of piperazine rings is 1. The highest BCUT2D eigenvalue weighted by atomic mass is 35.5. The third-order valence-electron chi connectivity index (χ3n) is 8.39. The van der Waals surface area contributed by atoms with Gasteiger partial charge in [0.05, 0.1) is 28.9 Å². The molecule has 1 saturated heterocycles. The largest absolute Gasteiger partial charge is 0.446 e. The molecule has 1 aliphatic carbocycles. The molecule has 0 unspecified atom stereocenters. The van der Waals surface area contributed by atoms with Crippen LogP contribution in [0.4, 0.5) is 19.0 Å². The van der Waals surface area contributed by atoms with Crippen molar-refractivity contribution < 1.29 is 22.8 Å². The van der Waals surface area contributed by atoms with Gasteiger partial charge in [0.15, 0.2) is 0 Å². The van der Waals surface area contributed by atoms with E-state index in [2.05, 4.69) is 27.2 Å². The van der Waals surface area contributed by atoms with Crippen LogP contribution in [0.5, 0.6) is 0 Å². The van der Waals surface area contributed by atoms with Gasteiger partial charge in [-0.1, -0.05) is 23.7 Å². The van der Waals surface area contributed by atoms with Crippen LogP contribution >= 0.6 is 11.6 Å². The summed E-state index contributed by atoms with van der Waals surface area (Å²) in [4.78, 5) is 31.2. The van der Waals surface area contributed by atoms with Gasteiger partial charge in [-0.3, -0.25) is 14.3 Å².